The van der Waals surface area contributed by atoms with Crippen molar-refractivity contribution >= 4 is 5.91 Å². The van der Waals surface area contributed by atoms with Gasteiger partial charge in [0.2, 0.25) is 5.91 Å². The summed E-state index contributed by atoms with van der Waals surface area (Å²) in [6.07, 6.45) is 1.24. The van der Waals surface area contributed by atoms with E-state index in [-0.39, 0.29) is 18.1 Å². The summed E-state index contributed by atoms with van der Waals surface area (Å²) in [6, 6.07) is 6.41. The van der Waals surface area contributed by atoms with Gasteiger partial charge in [0.1, 0.15) is 6.17 Å². The van der Waals surface area contributed by atoms with Gasteiger partial charge in [0.05, 0.1) is 6.04 Å². The Hall–Kier alpha value is -1.47. The summed E-state index contributed by atoms with van der Waals surface area (Å²) in [5, 5.41) is 2.98. The molecule has 1 atom stereocenters. The zero-order chi connectivity index (χ0) is 14.5. The molecule has 1 aliphatic rings. The Kier molecular flexibility index (Phi) is 5.08. The molecule has 1 saturated heterocycles. The van der Waals surface area contributed by atoms with E-state index in [0.29, 0.717) is 6.42 Å². The summed E-state index contributed by atoms with van der Waals surface area (Å²) >= 11 is 0. The van der Waals surface area contributed by atoms with Crippen LogP contribution >= 0.6 is 0 Å². The minimum absolute atomic E-state index is 0.00996. The first-order chi connectivity index (χ1) is 9.54. The maximum Gasteiger partial charge on any atom is 0.220 e. The van der Waals surface area contributed by atoms with E-state index in [1.165, 1.54) is 16.7 Å². The highest BCUT2D eigenvalue weighted by Gasteiger charge is 2.21. The lowest BCUT2D eigenvalue weighted by molar-refractivity contribution is -0.121. The van der Waals surface area contributed by atoms with Crippen molar-refractivity contribution in [2.24, 2.45) is 0 Å². The molecule has 2 rings (SSSR count). The summed E-state index contributed by atoms with van der Waals surface area (Å²) in [5.41, 5.74) is 15.1. The number of benzene rings is 1. The van der Waals surface area contributed by atoms with E-state index in [2.05, 4.69) is 59.3 Å². The molecule has 1 aromatic rings. The quantitative estimate of drug-likeness (QED) is 0.531. The summed E-state index contributed by atoms with van der Waals surface area (Å²) < 4.78 is 0. The van der Waals surface area contributed by atoms with E-state index in [9.17, 15) is 4.79 Å². The number of rotatable bonds is 5. The van der Waals surface area contributed by atoms with E-state index in [4.69, 9.17) is 0 Å². The molecule has 5 N–H and O–H groups in total. The number of amides is 1. The molecule has 0 bridgehead atoms. The largest absolute Gasteiger partial charge is 0.351 e. The summed E-state index contributed by atoms with van der Waals surface area (Å²) in [7, 11) is 0. The van der Waals surface area contributed by atoms with Gasteiger partial charge < -0.3 is 5.32 Å². The highest BCUT2D eigenvalue weighted by Crippen LogP contribution is 2.10. The molecular formula is C14H23N5O. The summed E-state index contributed by atoms with van der Waals surface area (Å²) in [6.45, 7) is 6.11. The van der Waals surface area contributed by atoms with Gasteiger partial charge in [-0.05, 0) is 32.8 Å². The molecule has 20 heavy (non-hydrogen) atoms. The lowest BCUT2D eigenvalue weighted by atomic mass is 10.0. The fourth-order valence-electron chi connectivity index (χ4n) is 2.39. The summed E-state index contributed by atoms with van der Waals surface area (Å²) in [4.78, 5) is 11.9. The van der Waals surface area contributed by atoms with Crippen molar-refractivity contribution in [2.45, 2.75) is 45.8 Å². The molecule has 0 aliphatic carbocycles. The van der Waals surface area contributed by atoms with Crippen LogP contribution in [0.4, 0.5) is 0 Å². The number of aryl methyl sites for hydroxylation is 3. The molecular weight excluding hydrogens is 254 g/mol. The average molecular weight is 277 g/mol. The van der Waals surface area contributed by atoms with Crippen LogP contribution in [-0.4, -0.2) is 18.1 Å². The van der Waals surface area contributed by atoms with Gasteiger partial charge in [0.15, 0.2) is 0 Å². The summed E-state index contributed by atoms with van der Waals surface area (Å²) in [5.74, 6) is 0.0622. The van der Waals surface area contributed by atoms with Crippen LogP contribution in [0, 0.1) is 13.8 Å². The molecule has 0 saturated carbocycles. The second-order valence-corrected chi connectivity index (χ2v) is 5.37. The zero-order valence-corrected chi connectivity index (χ0v) is 12.2. The van der Waals surface area contributed by atoms with Gasteiger partial charge >= 0.3 is 0 Å². The maximum absolute atomic E-state index is 11.9. The van der Waals surface area contributed by atoms with Crippen LogP contribution in [0.15, 0.2) is 18.2 Å². The van der Waals surface area contributed by atoms with Crippen LogP contribution < -0.4 is 27.2 Å². The van der Waals surface area contributed by atoms with Gasteiger partial charge in [0, 0.05) is 6.42 Å². The van der Waals surface area contributed by atoms with Crippen molar-refractivity contribution in [3.05, 3.63) is 34.9 Å². The molecule has 1 aliphatic heterocycles. The van der Waals surface area contributed by atoms with Crippen LogP contribution in [0.2, 0.25) is 0 Å². The standard InChI is InChI=1S/C14H23N5O/c1-9-6-10(2)8-12(7-9)4-5-13(20)15-11(3)14-16-18-19-17-14/h6-8,11,14,16-19H,4-5H2,1-3H3,(H,15,20). The number of carbonyl (C=O) groups excluding carboxylic acids is 1. The average Bonchev–Trinajstić information content (AvgIpc) is 2.89. The highest BCUT2D eigenvalue weighted by molar-refractivity contribution is 5.76. The molecule has 1 unspecified atom stereocenters. The van der Waals surface area contributed by atoms with E-state index in [0.717, 1.165) is 6.42 Å². The number of carbonyl (C=O) groups is 1. The van der Waals surface area contributed by atoms with Crippen molar-refractivity contribution in [1.29, 1.82) is 0 Å². The van der Waals surface area contributed by atoms with E-state index in [1.807, 2.05) is 6.92 Å². The first-order valence-electron chi connectivity index (χ1n) is 6.92. The fourth-order valence-corrected chi connectivity index (χ4v) is 2.39. The topological polar surface area (TPSA) is 77.2 Å². The Morgan fingerprint density at radius 1 is 1.20 bits per heavy atom. The van der Waals surface area contributed by atoms with Crippen LogP contribution in [-0.2, 0) is 11.2 Å². The number of nitrogens with one attached hydrogen (secondary N) is 5. The first-order valence-corrected chi connectivity index (χ1v) is 6.92. The van der Waals surface area contributed by atoms with Crippen molar-refractivity contribution in [3.8, 4) is 0 Å². The Bertz CT molecular complexity index is 450. The molecule has 6 nitrogen and oxygen atoms in total. The zero-order valence-electron chi connectivity index (χ0n) is 12.2. The third kappa shape index (κ3) is 4.28. The smallest absolute Gasteiger partial charge is 0.220 e. The molecule has 6 heteroatoms. The molecule has 1 heterocycles. The molecule has 0 aromatic heterocycles. The minimum atomic E-state index is -0.0276. The van der Waals surface area contributed by atoms with Gasteiger partial charge in [-0.2, -0.15) is 11.1 Å². The van der Waals surface area contributed by atoms with Crippen LogP contribution in [0.25, 0.3) is 0 Å². The van der Waals surface area contributed by atoms with Crippen molar-refractivity contribution in [3.63, 3.8) is 0 Å². The maximum atomic E-state index is 11.9. The molecule has 1 aromatic carbocycles. The van der Waals surface area contributed by atoms with Gasteiger partial charge in [0.25, 0.3) is 0 Å². The molecule has 110 valence electrons. The monoisotopic (exact) mass is 277 g/mol. The molecule has 0 radical (unpaired) electrons. The Morgan fingerprint density at radius 3 is 2.40 bits per heavy atom. The predicted octanol–water partition coefficient (Wildman–Crippen LogP) is 0.184. The van der Waals surface area contributed by atoms with Gasteiger partial charge in [-0.3, -0.25) is 4.79 Å². The second-order valence-electron chi connectivity index (χ2n) is 5.37. The molecule has 1 fully saturated rings. The van der Waals surface area contributed by atoms with Crippen molar-refractivity contribution in [2.75, 3.05) is 0 Å². The SMILES string of the molecule is Cc1cc(C)cc(CCC(=O)NC(C)C2NNNN2)c1. The first kappa shape index (κ1) is 14.9. The van der Waals surface area contributed by atoms with E-state index >= 15 is 0 Å². The minimum Gasteiger partial charge on any atom is -0.351 e. The van der Waals surface area contributed by atoms with Gasteiger partial charge in [-0.1, -0.05) is 29.3 Å². The number of hydrazine groups is 3. The normalized spacial score (nSPS) is 17.1. The van der Waals surface area contributed by atoms with Gasteiger partial charge in [-0.15, -0.1) is 0 Å². The molecule has 0 spiro atoms. The second kappa shape index (κ2) is 6.81. The number of hydrogen-bond donors (Lipinski definition) is 5. The van der Waals surface area contributed by atoms with Crippen LogP contribution in [0.3, 0.4) is 0 Å². The van der Waals surface area contributed by atoms with E-state index in [1.54, 1.807) is 0 Å². The van der Waals surface area contributed by atoms with Gasteiger partial charge in [-0.25, -0.2) is 10.9 Å². The highest BCUT2D eigenvalue weighted by atomic mass is 16.1. The third-order valence-electron chi connectivity index (χ3n) is 3.33. The van der Waals surface area contributed by atoms with Crippen LogP contribution in [0.1, 0.15) is 30.0 Å². The number of hydrogen-bond acceptors (Lipinski definition) is 5. The van der Waals surface area contributed by atoms with Crippen molar-refractivity contribution < 1.29 is 4.79 Å². The Morgan fingerprint density at radius 2 is 1.80 bits per heavy atom. The van der Waals surface area contributed by atoms with Crippen molar-refractivity contribution in [1.82, 2.24) is 27.2 Å². The van der Waals surface area contributed by atoms with Crippen LogP contribution in [0.5, 0.6) is 0 Å². The fraction of sp³-hybridized carbons (Fsp3) is 0.500. The lowest BCUT2D eigenvalue weighted by Gasteiger charge is -2.19. The Labute approximate surface area is 119 Å². The lowest BCUT2D eigenvalue weighted by Crippen LogP contribution is -2.51. The van der Waals surface area contributed by atoms with E-state index < -0.39 is 0 Å². The molecule has 1 amide bonds. The predicted molar refractivity (Wildman–Crippen MR) is 78.2 cm³/mol. The Balaban J connectivity index is 1.79. The third-order valence-corrected chi connectivity index (χ3v) is 3.33.